The largest absolute Gasteiger partial charge is 0.497 e. The zero-order valence-corrected chi connectivity index (χ0v) is 13.2. The molecule has 1 fully saturated rings. The predicted octanol–water partition coefficient (Wildman–Crippen LogP) is 2.67. The summed E-state index contributed by atoms with van der Waals surface area (Å²) in [7, 11) is 1.71. The number of piperazine rings is 1. The van der Waals surface area contributed by atoms with Gasteiger partial charge in [-0.3, -0.25) is 4.90 Å². The van der Waals surface area contributed by atoms with Crippen LogP contribution in [0, 0.1) is 0 Å². The van der Waals surface area contributed by atoms with Crippen LogP contribution in [-0.4, -0.2) is 37.7 Å². The molecule has 0 amide bonds. The van der Waals surface area contributed by atoms with Gasteiger partial charge >= 0.3 is 0 Å². The normalized spacial score (nSPS) is 20.3. The second kappa shape index (κ2) is 7.34. The maximum atomic E-state index is 5.27. The van der Waals surface area contributed by atoms with Crippen LogP contribution in [0.5, 0.6) is 5.75 Å². The lowest BCUT2D eigenvalue weighted by Crippen LogP contribution is -2.49. The number of nitrogens with one attached hydrogen (secondary N) is 1. The van der Waals surface area contributed by atoms with Crippen LogP contribution >= 0.6 is 28.3 Å². The van der Waals surface area contributed by atoms with E-state index in [9.17, 15) is 0 Å². The molecule has 1 N–H and O–H groups in total. The van der Waals surface area contributed by atoms with Crippen molar-refractivity contribution in [3.05, 3.63) is 28.2 Å². The van der Waals surface area contributed by atoms with Crippen molar-refractivity contribution in [2.24, 2.45) is 0 Å². The lowest BCUT2D eigenvalue weighted by molar-refractivity contribution is 0.165. The van der Waals surface area contributed by atoms with E-state index in [4.69, 9.17) is 4.74 Å². The lowest BCUT2D eigenvalue weighted by atomic mass is 10.1. The molecule has 0 radical (unpaired) electrons. The van der Waals surface area contributed by atoms with Crippen molar-refractivity contribution in [1.29, 1.82) is 0 Å². The van der Waals surface area contributed by atoms with Gasteiger partial charge in [0.15, 0.2) is 0 Å². The second-order valence-electron chi connectivity index (χ2n) is 4.48. The first-order chi connectivity index (χ1) is 8.20. The quantitative estimate of drug-likeness (QED) is 0.919. The van der Waals surface area contributed by atoms with Crippen LogP contribution < -0.4 is 10.1 Å². The Kier molecular flexibility index (Phi) is 6.43. The van der Waals surface area contributed by atoms with Gasteiger partial charge in [0.1, 0.15) is 5.75 Å². The Morgan fingerprint density at radius 3 is 2.94 bits per heavy atom. The third-order valence-corrected chi connectivity index (χ3v) is 4.04. The molecule has 5 heteroatoms. The van der Waals surface area contributed by atoms with Crippen LogP contribution in [0.25, 0.3) is 0 Å². The molecule has 0 bridgehead atoms. The fraction of sp³-hybridized carbons (Fsp3) is 0.538. The molecule has 1 aliphatic heterocycles. The van der Waals surface area contributed by atoms with Gasteiger partial charge in [0, 0.05) is 36.7 Å². The van der Waals surface area contributed by atoms with Crippen molar-refractivity contribution >= 4 is 28.3 Å². The molecule has 1 saturated heterocycles. The van der Waals surface area contributed by atoms with Crippen molar-refractivity contribution < 1.29 is 4.74 Å². The molecule has 1 aromatic carbocycles. The highest BCUT2D eigenvalue weighted by Crippen LogP contribution is 2.24. The van der Waals surface area contributed by atoms with Crippen LogP contribution in [0.1, 0.15) is 12.5 Å². The molecule has 1 atom stereocenters. The van der Waals surface area contributed by atoms with E-state index >= 15 is 0 Å². The van der Waals surface area contributed by atoms with E-state index in [2.05, 4.69) is 45.2 Å². The Hall–Kier alpha value is -0.290. The Bertz CT molecular complexity index is 389. The van der Waals surface area contributed by atoms with Crippen LogP contribution in [0.2, 0.25) is 0 Å². The first-order valence-corrected chi connectivity index (χ1v) is 6.77. The Morgan fingerprint density at radius 2 is 2.28 bits per heavy atom. The van der Waals surface area contributed by atoms with E-state index in [1.807, 2.05) is 6.07 Å². The average molecular weight is 336 g/mol. The zero-order valence-electron chi connectivity index (χ0n) is 10.8. The van der Waals surface area contributed by atoms with Gasteiger partial charge in [0.25, 0.3) is 0 Å². The summed E-state index contributed by atoms with van der Waals surface area (Å²) >= 11 is 3.61. The smallest absolute Gasteiger partial charge is 0.119 e. The minimum Gasteiger partial charge on any atom is -0.497 e. The summed E-state index contributed by atoms with van der Waals surface area (Å²) in [5.41, 5.74) is 1.29. The molecule has 2 rings (SSSR count). The second-order valence-corrected chi connectivity index (χ2v) is 5.34. The monoisotopic (exact) mass is 334 g/mol. The van der Waals surface area contributed by atoms with Gasteiger partial charge in [0.2, 0.25) is 0 Å². The Morgan fingerprint density at radius 1 is 1.50 bits per heavy atom. The molecule has 1 heterocycles. The third kappa shape index (κ3) is 3.85. The van der Waals surface area contributed by atoms with Crippen LogP contribution in [-0.2, 0) is 6.54 Å². The molecule has 0 aliphatic carbocycles. The molecular formula is C13H20BrClN2O. The Labute approximate surface area is 123 Å². The minimum absolute atomic E-state index is 0. The van der Waals surface area contributed by atoms with E-state index in [1.165, 1.54) is 5.56 Å². The van der Waals surface area contributed by atoms with Gasteiger partial charge in [-0.05, 0) is 30.7 Å². The van der Waals surface area contributed by atoms with Crippen LogP contribution in [0.4, 0.5) is 0 Å². The van der Waals surface area contributed by atoms with Crippen LogP contribution in [0.15, 0.2) is 22.7 Å². The van der Waals surface area contributed by atoms with Gasteiger partial charge in [-0.2, -0.15) is 0 Å². The van der Waals surface area contributed by atoms with E-state index in [0.717, 1.165) is 36.4 Å². The first-order valence-electron chi connectivity index (χ1n) is 5.98. The minimum atomic E-state index is 0. The van der Waals surface area contributed by atoms with Crippen molar-refractivity contribution in [2.75, 3.05) is 26.7 Å². The summed E-state index contributed by atoms with van der Waals surface area (Å²) in [4.78, 5) is 2.50. The van der Waals surface area contributed by atoms with Gasteiger partial charge in [0.05, 0.1) is 7.11 Å². The molecule has 0 unspecified atom stereocenters. The summed E-state index contributed by atoms with van der Waals surface area (Å²) in [5.74, 6) is 0.922. The molecule has 0 saturated carbocycles. The van der Waals surface area contributed by atoms with Gasteiger partial charge < -0.3 is 10.1 Å². The lowest BCUT2D eigenvalue weighted by Gasteiger charge is -2.34. The fourth-order valence-electron chi connectivity index (χ4n) is 2.14. The zero-order chi connectivity index (χ0) is 12.3. The van der Waals surface area contributed by atoms with Crippen molar-refractivity contribution in [3.8, 4) is 5.75 Å². The molecule has 0 aromatic heterocycles. The SMILES string of the molecule is COc1ccc(Br)c(CN2CCNC[C@H]2C)c1.Cl. The third-order valence-electron chi connectivity index (χ3n) is 3.27. The molecular weight excluding hydrogens is 316 g/mol. The van der Waals surface area contributed by atoms with E-state index in [1.54, 1.807) is 7.11 Å². The summed E-state index contributed by atoms with van der Waals surface area (Å²) in [6.07, 6.45) is 0. The number of ether oxygens (including phenoxy) is 1. The number of nitrogens with zero attached hydrogens (tertiary/aromatic N) is 1. The maximum Gasteiger partial charge on any atom is 0.119 e. The molecule has 1 aliphatic rings. The number of hydrogen-bond acceptors (Lipinski definition) is 3. The summed E-state index contributed by atoms with van der Waals surface area (Å²) in [5, 5.41) is 3.41. The summed E-state index contributed by atoms with van der Waals surface area (Å²) in [6, 6.07) is 6.73. The van der Waals surface area contributed by atoms with Crippen molar-refractivity contribution in [3.63, 3.8) is 0 Å². The highest BCUT2D eigenvalue weighted by atomic mass is 79.9. The van der Waals surface area contributed by atoms with E-state index < -0.39 is 0 Å². The Balaban J connectivity index is 0.00000162. The van der Waals surface area contributed by atoms with E-state index in [0.29, 0.717) is 6.04 Å². The predicted molar refractivity (Wildman–Crippen MR) is 80.7 cm³/mol. The fourth-order valence-corrected chi connectivity index (χ4v) is 2.51. The summed E-state index contributed by atoms with van der Waals surface area (Å²) in [6.45, 7) is 6.49. The van der Waals surface area contributed by atoms with E-state index in [-0.39, 0.29) is 12.4 Å². The molecule has 102 valence electrons. The molecule has 18 heavy (non-hydrogen) atoms. The average Bonchev–Trinajstić information content (AvgIpc) is 2.35. The maximum absolute atomic E-state index is 5.27. The molecule has 0 spiro atoms. The summed E-state index contributed by atoms with van der Waals surface area (Å²) < 4.78 is 6.43. The number of methoxy groups -OCH3 is 1. The highest BCUT2D eigenvalue weighted by Gasteiger charge is 2.18. The van der Waals surface area contributed by atoms with Crippen molar-refractivity contribution in [2.45, 2.75) is 19.5 Å². The number of benzene rings is 1. The van der Waals surface area contributed by atoms with Gasteiger partial charge in [-0.1, -0.05) is 15.9 Å². The first kappa shape index (κ1) is 15.8. The highest BCUT2D eigenvalue weighted by molar-refractivity contribution is 9.10. The number of halogens is 2. The standard InChI is InChI=1S/C13H19BrN2O.ClH/c1-10-8-15-5-6-16(10)9-11-7-12(17-2)3-4-13(11)14;/h3-4,7,10,15H,5-6,8-9H2,1-2H3;1H/t10-;/m1./s1. The van der Waals surface area contributed by atoms with Crippen molar-refractivity contribution in [1.82, 2.24) is 10.2 Å². The topological polar surface area (TPSA) is 24.5 Å². The number of rotatable bonds is 3. The van der Waals surface area contributed by atoms with Gasteiger partial charge in [-0.25, -0.2) is 0 Å². The number of hydrogen-bond donors (Lipinski definition) is 1. The van der Waals surface area contributed by atoms with Crippen LogP contribution in [0.3, 0.4) is 0 Å². The molecule has 1 aromatic rings. The van der Waals surface area contributed by atoms with Gasteiger partial charge in [-0.15, -0.1) is 12.4 Å². The molecule has 3 nitrogen and oxygen atoms in total.